The number of amides is 1. The van der Waals surface area contributed by atoms with Gasteiger partial charge >= 0.3 is 0 Å². The number of nitrogens with zero attached hydrogens (tertiary/aromatic N) is 2. The molecular formula is C27H26FN3O2. The van der Waals surface area contributed by atoms with Crippen LogP contribution in [0.3, 0.4) is 0 Å². The highest BCUT2D eigenvalue weighted by atomic mass is 19.1. The van der Waals surface area contributed by atoms with Crippen molar-refractivity contribution in [2.75, 3.05) is 0 Å². The highest BCUT2D eigenvalue weighted by Gasteiger charge is 2.28. The lowest BCUT2D eigenvalue weighted by atomic mass is 9.75. The SMILES string of the molecule is C[C@@H](NC(=O)c1ccc(-c2cnco2)cc1)[C@H]1CC[C@H](c2ccnc3ccc(F)cc32)CC1. The topological polar surface area (TPSA) is 68.0 Å². The van der Waals surface area contributed by atoms with Crippen LogP contribution in [0.2, 0.25) is 0 Å². The van der Waals surface area contributed by atoms with E-state index < -0.39 is 0 Å². The van der Waals surface area contributed by atoms with E-state index in [1.807, 2.05) is 36.5 Å². The fourth-order valence-electron chi connectivity index (χ4n) is 4.98. The van der Waals surface area contributed by atoms with Crippen LogP contribution in [0.1, 0.15) is 54.4 Å². The molecule has 0 saturated heterocycles. The second-order valence-electron chi connectivity index (χ2n) is 8.88. The van der Waals surface area contributed by atoms with Crippen molar-refractivity contribution in [3.8, 4) is 11.3 Å². The first-order chi connectivity index (χ1) is 16.1. The van der Waals surface area contributed by atoms with Crippen LogP contribution in [0, 0.1) is 11.7 Å². The molecule has 0 bridgehead atoms. The maximum absolute atomic E-state index is 13.8. The molecule has 1 N–H and O–H groups in total. The van der Waals surface area contributed by atoms with E-state index in [0.717, 1.165) is 42.1 Å². The maximum Gasteiger partial charge on any atom is 0.251 e. The van der Waals surface area contributed by atoms with Gasteiger partial charge in [0.15, 0.2) is 12.2 Å². The molecule has 4 aromatic rings. The van der Waals surface area contributed by atoms with Crippen molar-refractivity contribution >= 4 is 16.8 Å². The molecule has 0 aliphatic heterocycles. The van der Waals surface area contributed by atoms with Gasteiger partial charge in [-0.25, -0.2) is 9.37 Å². The van der Waals surface area contributed by atoms with Gasteiger partial charge in [-0.15, -0.1) is 0 Å². The maximum atomic E-state index is 13.8. The molecule has 1 amide bonds. The number of carbonyl (C=O) groups is 1. The summed E-state index contributed by atoms with van der Waals surface area (Å²) in [6.07, 6.45) is 8.95. The molecule has 1 saturated carbocycles. The zero-order valence-electron chi connectivity index (χ0n) is 18.5. The average Bonchev–Trinajstić information content (AvgIpc) is 3.39. The molecule has 2 heterocycles. The van der Waals surface area contributed by atoms with Crippen molar-refractivity contribution in [3.63, 3.8) is 0 Å². The van der Waals surface area contributed by atoms with Crippen molar-refractivity contribution in [3.05, 3.63) is 84.3 Å². The molecule has 1 aliphatic rings. The molecule has 0 radical (unpaired) electrons. The summed E-state index contributed by atoms with van der Waals surface area (Å²) in [7, 11) is 0. The van der Waals surface area contributed by atoms with Gasteiger partial charge in [-0.1, -0.05) is 12.1 Å². The molecule has 1 fully saturated rings. The number of halogens is 1. The van der Waals surface area contributed by atoms with Crippen LogP contribution >= 0.6 is 0 Å². The Hall–Kier alpha value is -3.54. The molecule has 5 nitrogen and oxygen atoms in total. The third-order valence-corrected chi connectivity index (χ3v) is 6.88. The van der Waals surface area contributed by atoms with Crippen molar-refractivity contribution < 1.29 is 13.6 Å². The number of carbonyl (C=O) groups excluding carboxylic acids is 1. The summed E-state index contributed by atoms with van der Waals surface area (Å²) in [5.74, 6) is 1.19. The quantitative estimate of drug-likeness (QED) is 0.403. The van der Waals surface area contributed by atoms with Crippen molar-refractivity contribution in [2.24, 2.45) is 5.92 Å². The fraction of sp³-hybridized carbons (Fsp3) is 0.296. The van der Waals surface area contributed by atoms with E-state index in [2.05, 4.69) is 22.2 Å². The lowest BCUT2D eigenvalue weighted by molar-refractivity contribution is 0.0918. The van der Waals surface area contributed by atoms with Gasteiger partial charge in [0.1, 0.15) is 5.82 Å². The molecule has 2 aromatic carbocycles. The van der Waals surface area contributed by atoms with Crippen LogP contribution in [0.15, 0.2) is 71.7 Å². The van der Waals surface area contributed by atoms with Crippen LogP contribution in [0.25, 0.3) is 22.2 Å². The molecule has 2 aromatic heterocycles. The van der Waals surface area contributed by atoms with E-state index in [1.54, 1.807) is 18.3 Å². The molecule has 0 spiro atoms. The second-order valence-corrected chi connectivity index (χ2v) is 8.88. The second kappa shape index (κ2) is 9.14. The highest BCUT2D eigenvalue weighted by Crippen LogP contribution is 2.39. The summed E-state index contributed by atoms with van der Waals surface area (Å²) in [4.78, 5) is 21.1. The lowest BCUT2D eigenvalue weighted by Crippen LogP contribution is -2.39. The minimum absolute atomic E-state index is 0.0654. The van der Waals surface area contributed by atoms with Crippen LogP contribution in [0.5, 0.6) is 0 Å². The molecular weight excluding hydrogens is 417 g/mol. The average molecular weight is 444 g/mol. The zero-order chi connectivity index (χ0) is 22.8. The van der Waals surface area contributed by atoms with Crippen LogP contribution in [0.4, 0.5) is 4.39 Å². The number of nitrogens with one attached hydrogen (secondary N) is 1. The first-order valence-corrected chi connectivity index (χ1v) is 11.4. The number of rotatable bonds is 5. The third kappa shape index (κ3) is 4.51. The Balaban J connectivity index is 1.20. The number of fused-ring (bicyclic) bond motifs is 1. The first kappa shape index (κ1) is 21.3. The van der Waals surface area contributed by atoms with Crippen molar-refractivity contribution in [1.82, 2.24) is 15.3 Å². The smallest absolute Gasteiger partial charge is 0.251 e. The summed E-state index contributed by atoms with van der Waals surface area (Å²) in [6, 6.07) is 14.3. The van der Waals surface area contributed by atoms with Crippen molar-refractivity contribution in [1.29, 1.82) is 0 Å². The van der Waals surface area contributed by atoms with Crippen molar-refractivity contribution in [2.45, 2.75) is 44.6 Å². The molecule has 1 atom stereocenters. The minimum atomic E-state index is -0.226. The summed E-state index contributed by atoms with van der Waals surface area (Å²) in [6.45, 7) is 2.09. The predicted molar refractivity (Wildman–Crippen MR) is 125 cm³/mol. The van der Waals surface area contributed by atoms with Crippen LogP contribution < -0.4 is 5.32 Å². The zero-order valence-corrected chi connectivity index (χ0v) is 18.5. The van der Waals surface area contributed by atoms with Gasteiger partial charge in [-0.05, 0) is 86.4 Å². The first-order valence-electron chi connectivity index (χ1n) is 11.4. The van der Waals surface area contributed by atoms with Gasteiger partial charge in [0, 0.05) is 28.8 Å². The Labute approximate surface area is 192 Å². The van der Waals surface area contributed by atoms with Gasteiger partial charge in [-0.2, -0.15) is 0 Å². The van der Waals surface area contributed by atoms with E-state index in [9.17, 15) is 9.18 Å². The Morgan fingerprint density at radius 2 is 1.88 bits per heavy atom. The number of benzene rings is 2. The standard InChI is InChI=1S/C27H26FN3O2/c1-17(31-27(32)21-8-6-20(7-9-21)26-15-29-16-33-26)18-2-4-19(5-3-18)23-12-13-30-25-11-10-22(28)14-24(23)25/h6-19H,2-5H2,1H3,(H,31,32)/t17-,18-,19-/m1/s1. The Bertz CT molecular complexity index is 1250. The van der Waals surface area contributed by atoms with E-state index in [-0.39, 0.29) is 17.8 Å². The Kier molecular flexibility index (Phi) is 5.90. The molecule has 33 heavy (non-hydrogen) atoms. The predicted octanol–water partition coefficient (Wildman–Crippen LogP) is 6.12. The minimum Gasteiger partial charge on any atom is -0.444 e. The monoisotopic (exact) mass is 443 g/mol. The summed E-state index contributed by atoms with van der Waals surface area (Å²) in [5.41, 5.74) is 3.54. The van der Waals surface area contributed by atoms with E-state index in [1.165, 1.54) is 18.0 Å². The normalized spacial score (nSPS) is 19.3. The summed E-state index contributed by atoms with van der Waals surface area (Å²) in [5, 5.41) is 4.09. The number of hydrogen-bond acceptors (Lipinski definition) is 4. The van der Waals surface area contributed by atoms with Gasteiger partial charge in [0.25, 0.3) is 5.91 Å². The van der Waals surface area contributed by atoms with Gasteiger partial charge in [-0.3, -0.25) is 9.78 Å². The van der Waals surface area contributed by atoms with Crippen LogP contribution in [-0.2, 0) is 0 Å². The Morgan fingerprint density at radius 1 is 1.09 bits per heavy atom. The molecule has 6 heteroatoms. The number of oxazole rings is 1. The molecule has 0 unspecified atom stereocenters. The lowest BCUT2D eigenvalue weighted by Gasteiger charge is -2.33. The third-order valence-electron chi connectivity index (χ3n) is 6.88. The highest BCUT2D eigenvalue weighted by molar-refractivity contribution is 5.94. The number of aromatic nitrogens is 2. The molecule has 168 valence electrons. The number of pyridine rings is 1. The Morgan fingerprint density at radius 3 is 2.61 bits per heavy atom. The van der Waals surface area contributed by atoms with E-state index in [0.29, 0.717) is 23.2 Å². The molecule has 1 aliphatic carbocycles. The largest absolute Gasteiger partial charge is 0.444 e. The van der Waals surface area contributed by atoms with Gasteiger partial charge in [0.05, 0.1) is 11.7 Å². The fourth-order valence-corrected chi connectivity index (χ4v) is 4.98. The summed E-state index contributed by atoms with van der Waals surface area (Å²) < 4.78 is 19.1. The molecule has 5 rings (SSSR count). The number of hydrogen-bond donors (Lipinski definition) is 1. The van der Waals surface area contributed by atoms with E-state index in [4.69, 9.17) is 4.42 Å². The van der Waals surface area contributed by atoms with E-state index >= 15 is 0 Å². The van der Waals surface area contributed by atoms with Gasteiger partial charge in [0.2, 0.25) is 0 Å². The van der Waals surface area contributed by atoms with Gasteiger partial charge < -0.3 is 9.73 Å². The summed E-state index contributed by atoms with van der Waals surface area (Å²) >= 11 is 0. The van der Waals surface area contributed by atoms with Crippen LogP contribution in [-0.4, -0.2) is 21.9 Å².